The highest BCUT2D eigenvalue weighted by Crippen LogP contribution is 2.37. The summed E-state index contributed by atoms with van der Waals surface area (Å²) in [7, 11) is 1.67. The standard InChI is InChI=1S/C53H54Cl2N6O10/c1-32-38(30-70-50-18-48(68-28-36-14-34(20-56)22-58-24-36)40(16-44(50)54)26-60-46(10-12-62)52(64)65)6-4-8-42(32)43-9-5-7-39(33(43)2)31-71-51-19-49(69-29-37-15-35(21-57-3)23-59-25-37)41(17-45(51)55)27-61-47(11-13-63)53(66)67/h4-9,14-19,21-25,46-47,60-63H,10-13,26-31H2,1-3H3,(H,64,65)(H,66,67)/t46-,47+/m1/s1. The lowest BCUT2D eigenvalue weighted by Gasteiger charge is -2.20. The molecule has 0 saturated carbocycles. The third kappa shape index (κ3) is 14.7. The van der Waals surface area contributed by atoms with E-state index in [-0.39, 0.29) is 70.6 Å². The molecule has 370 valence electrons. The quantitative estimate of drug-likeness (QED) is 0.0281. The van der Waals surface area contributed by atoms with Crippen LogP contribution in [-0.4, -0.2) is 80.9 Å². The van der Waals surface area contributed by atoms with Crippen LogP contribution in [0.1, 0.15) is 68.5 Å². The van der Waals surface area contributed by atoms with E-state index in [1.807, 2.05) is 56.3 Å². The lowest BCUT2D eigenvalue weighted by Crippen LogP contribution is -2.37. The minimum absolute atomic E-state index is 0.00128. The SMILES string of the molecule is CN=Cc1cncc(COc2cc(OCc3cccc(-c4cccc(COc5cc(OCc6cncc(C#N)c6)c(CN[C@H](CCO)C(=O)O)cc5Cl)c4C)c3C)c(Cl)cc2CN[C@@H](CCO)C(=O)O)c1. The van der Waals surface area contributed by atoms with Gasteiger partial charge in [0, 0.05) is 104 Å². The van der Waals surface area contributed by atoms with Gasteiger partial charge in [0.1, 0.15) is 67.6 Å². The normalized spacial score (nSPS) is 12.0. The number of nitriles is 1. The summed E-state index contributed by atoms with van der Waals surface area (Å²) in [5.41, 5.74) is 9.43. The third-order valence-electron chi connectivity index (χ3n) is 11.5. The second-order valence-electron chi connectivity index (χ2n) is 16.4. The lowest BCUT2D eigenvalue weighted by molar-refractivity contribution is -0.140. The molecule has 71 heavy (non-hydrogen) atoms. The van der Waals surface area contributed by atoms with Crippen LogP contribution in [0.5, 0.6) is 23.0 Å². The number of carboxylic acids is 2. The fourth-order valence-electron chi connectivity index (χ4n) is 7.60. The Kier molecular flexibility index (Phi) is 19.7. The summed E-state index contributed by atoms with van der Waals surface area (Å²) >= 11 is 13.6. The van der Waals surface area contributed by atoms with Gasteiger partial charge < -0.3 is 50.0 Å². The number of pyridine rings is 2. The number of aliphatic carboxylic acids is 2. The molecule has 2 aromatic heterocycles. The molecule has 0 aliphatic heterocycles. The molecule has 0 radical (unpaired) electrons. The van der Waals surface area contributed by atoms with Crippen molar-refractivity contribution in [2.24, 2.45) is 4.99 Å². The molecule has 0 amide bonds. The first-order valence-electron chi connectivity index (χ1n) is 22.5. The van der Waals surface area contributed by atoms with E-state index in [4.69, 9.17) is 42.1 Å². The minimum Gasteiger partial charge on any atom is -0.488 e. The van der Waals surface area contributed by atoms with Gasteiger partial charge in [0.05, 0.1) is 15.6 Å². The van der Waals surface area contributed by atoms with Crippen molar-refractivity contribution in [3.63, 3.8) is 0 Å². The number of benzene rings is 4. The van der Waals surface area contributed by atoms with E-state index in [0.29, 0.717) is 50.3 Å². The summed E-state index contributed by atoms with van der Waals surface area (Å²) in [5.74, 6) is -0.730. The van der Waals surface area contributed by atoms with Gasteiger partial charge in [-0.25, -0.2) is 0 Å². The van der Waals surface area contributed by atoms with Crippen molar-refractivity contribution < 1.29 is 49.0 Å². The summed E-state index contributed by atoms with van der Waals surface area (Å²) in [6, 6.07) is 22.2. The summed E-state index contributed by atoms with van der Waals surface area (Å²) in [6.45, 7) is 4.07. The van der Waals surface area contributed by atoms with Crippen LogP contribution in [0.15, 0.2) is 103 Å². The van der Waals surface area contributed by atoms with Crippen LogP contribution in [0.2, 0.25) is 10.0 Å². The van der Waals surface area contributed by atoms with Crippen molar-refractivity contribution in [3.05, 3.63) is 163 Å². The van der Waals surface area contributed by atoms with Gasteiger partial charge in [-0.05, 0) is 84.3 Å². The molecule has 0 unspecified atom stereocenters. The van der Waals surface area contributed by atoms with Gasteiger partial charge in [-0.3, -0.25) is 24.5 Å². The Morgan fingerprint density at radius 2 is 1.13 bits per heavy atom. The first kappa shape index (κ1) is 53.3. The topological polar surface area (TPSA) is 238 Å². The van der Waals surface area contributed by atoms with Crippen molar-refractivity contribution in [3.8, 4) is 40.2 Å². The van der Waals surface area contributed by atoms with Crippen molar-refractivity contribution in [2.75, 3.05) is 20.3 Å². The fraction of sp³-hybridized carbons (Fsp3) is 0.283. The number of halogens is 2. The molecular weight excluding hydrogens is 952 g/mol. The number of nitrogens with one attached hydrogen (secondary N) is 2. The van der Waals surface area contributed by atoms with E-state index in [1.165, 1.54) is 6.20 Å². The second-order valence-corrected chi connectivity index (χ2v) is 17.2. The Labute approximate surface area is 421 Å². The summed E-state index contributed by atoms with van der Waals surface area (Å²) in [6.07, 6.45) is 8.11. The van der Waals surface area contributed by atoms with E-state index >= 15 is 0 Å². The van der Waals surface area contributed by atoms with Crippen molar-refractivity contribution in [1.29, 1.82) is 5.26 Å². The van der Waals surface area contributed by atoms with Crippen molar-refractivity contribution in [2.45, 2.75) is 78.3 Å². The van der Waals surface area contributed by atoms with E-state index in [1.54, 1.807) is 62.2 Å². The highest BCUT2D eigenvalue weighted by Gasteiger charge is 2.21. The zero-order valence-electron chi connectivity index (χ0n) is 39.3. The molecule has 2 atom stereocenters. The number of carboxylic acid groups (broad SMARTS) is 2. The largest absolute Gasteiger partial charge is 0.488 e. The Bertz CT molecular complexity index is 2890. The van der Waals surface area contributed by atoms with E-state index in [2.05, 4.69) is 31.7 Å². The van der Waals surface area contributed by atoms with Gasteiger partial charge in [-0.2, -0.15) is 5.26 Å². The minimum atomic E-state index is -1.11. The van der Waals surface area contributed by atoms with Gasteiger partial charge in [0.25, 0.3) is 0 Å². The molecule has 4 aromatic carbocycles. The van der Waals surface area contributed by atoms with Gasteiger partial charge in [-0.1, -0.05) is 59.6 Å². The lowest BCUT2D eigenvalue weighted by atomic mass is 9.92. The summed E-state index contributed by atoms with van der Waals surface area (Å²) in [4.78, 5) is 36.1. The Morgan fingerprint density at radius 1 is 0.662 bits per heavy atom. The molecule has 6 rings (SSSR count). The van der Waals surface area contributed by atoms with Crippen LogP contribution < -0.4 is 29.6 Å². The van der Waals surface area contributed by atoms with Crippen LogP contribution in [0, 0.1) is 25.2 Å². The van der Waals surface area contributed by atoms with Crippen molar-refractivity contribution >= 4 is 41.4 Å². The molecule has 16 nitrogen and oxygen atoms in total. The highest BCUT2D eigenvalue weighted by molar-refractivity contribution is 6.32. The molecule has 0 aliphatic carbocycles. The third-order valence-corrected chi connectivity index (χ3v) is 12.1. The predicted molar refractivity (Wildman–Crippen MR) is 268 cm³/mol. The zero-order chi connectivity index (χ0) is 50.9. The number of hydrogen-bond donors (Lipinski definition) is 6. The number of ether oxygens (including phenoxy) is 4. The predicted octanol–water partition coefficient (Wildman–Crippen LogP) is 8.15. The number of aliphatic hydroxyl groups is 2. The maximum atomic E-state index is 11.8. The molecule has 6 aromatic rings. The molecule has 0 aliphatic rings. The molecule has 2 heterocycles. The summed E-state index contributed by atoms with van der Waals surface area (Å²) in [5, 5.41) is 54.0. The average molecular weight is 1010 g/mol. The van der Waals surface area contributed by atoms with Crippen LogP contribution in [0.4, 0.5) is 0 Å². The van der Waals surface area contributed by atoms with Gasteiger partial charge in [0.15, 0.2) is 0 Å². The number of aliphatic hydroxyl groups excluding tert-OH is 2. The van der Waals surface area contributed by atoms with Crippen LogP contribution in [0.3, 0.4) is 0 Å². The fourth-order valence-corrected chi connectivity index (χ4v) is 8.08. The van der Waals surface area contributed by atoms with Crippen LogP contribution >= 0.6 is 23.2 Å². The molecule has 6 N–H and O–H groups in total. The highest BCUT2D eigenvalue weighted by atomic mass is 35.5. The van der Waals surface area contributed by atoms with Gasteiger partial charge >= 0.3 is 11.9 Å². The number of hydrogen-bond acceptors (Lipinski definition) is 14. The number of carbonyl (C=O) groups is 2. The smallest absolute Gasteiger partial charge is 0.320 e. The Morgan fingerprint density at radius 3 is 1.58 bits per heavy atom. The number of aliphatic imine (C=N–C) groups is 1. The van der Waals surface area contributed by atoms with Crippen LogP contribution in [-0.2, 0) is 49.1 Å². The Balaban J connectivity index is 1.21. The summed E-state index contributed by atoms with van der Waals surface area (Å²) < 4.78 is 25.2. The first-order chi connectivity index (χ1) is 34.3. The zero-order valence-corrected chi connectivity index (χ0v) is 40.8. The second kappa shape index (κ2) is 26.2. The molecular formula is C53H54Cl2N6O10. The van der Waals surface area contributed by atoms with E-state index < -0.39 is 24.0 Å². The average Bonchev–Trinajstić information content (AvgIpc) is 3.36. The maximum absolute atomic E-state index is 11.8. The molecule has 0 bridgehead atoms. The number of rotatable bonds is 26. The van der Waals surface area contributed by atoms with Crippen LogP contribution in [0.25, 0.3) is 11.1 Å². The first-order valence-corrected chi connectivity index (χ1v) is 23.2. The molecule has 0 spiro atoms. The maximum Gasteiger partial charge on any atom is 0.320 e. The monoisotopic (exact) mass is 1000 g/mol. The van der Waals surface area contributed by atoms with Gasteiger partial charge in [-0.15, -0.1) is 0 Å². The van der Waals surface area contributed by atoms with Crippen molar-refractivity contribution in [1.82, 2.24) is 20.6 Å². The molecule has 18 heteroatoms. The number of nitrogens with zero attached hydrogens (tertiary/aromatic N) is 4. The number of aromatic nitrogens is 2. The Hall–Kier alpha value is -7.10. The van der Waals surface area contributed by atoms with Gasteiger partial charge in [0.2, 0.25) is 0 Å². The van der Waals surface area contributed by atoms with E-state index in [9.17, 15) is 35.3 Å². The van der Waals surface area contributed by atoms with E-state index in [0.717, 1.165) is 44.5 Å². The molecule has 0 fully saturated rings. The molecule has 0 saturated heterocycles.